The molecule has 0 aromatic heterocycles. The third-order valence-electron chi connectivity index (χ3n) is 3.59. The molecule has 0 aromatic carbocycles. The van der Waals surface area contributed by atoms with Gasteiger partial charge in [-0.2, -0.15) is 0 Å². The summed E-state index contributed by atoms with van der Waals surface area (Å²) >= 11 is 0. The number of nitrogens with zero attached hydrogens (tertiary/aromatic N) is 1. The van der Waals surface area contributed by atoms with Crippen LogP contribution in [0.1, 0.15) is 46.0 Å². The number of ether oxygens (including phenoxy) is 1. The van der Waals surface area contributed by atoms with Crippen molar-refractivity contribution < 1.29 is 19.4 Å². The summed E-state index contributed by atoms with van der Waals surface area (Å²) < 4.78 is 5.32. The summed E-state index contributed by atoms with van der Waals surface area (Å²) in [6.07, 6.45) is 4.56. The van der Waals surface area contributed by atoms with Crippen molar-refractivity contribution in [3.05, 3.63) is 0 Å². The number of hydrogen-bond acceptors (Lipinski definition) is 3. The molecule has 2 unspecified atom stereocenters. The van der Waals surface area contributed by atoms with Gasteiger partial charge in [0.15, 0.2) is 0 Å². The Labute approximate surface area is 114 Å². The zero-order valence-corrected chi connectivity index (χ0v) is 11.9. The number of carbonyl (C=O) groups is 2. The molecule has 1 amide bonds. The highest BCUT2D eigenvalue weighted by molar-refractivity contribution is 5.84. The topological polar surface area (TPSA) is 66.8 Å². The van der Waals surface area contributed by atoms with Gasteiger partial charge in [-0.25, -0.2) is 4.79 Å². The molecule has 1 rings (SSSR count). The molecule has 1 heterocycles. The second kappa shape index (κ2) is 8.15. The highest BCUT2D eigenvalue weighted by Crippen LogP contribution is 2.22. The van der Waals surface area contributed by atoms with E-state index in [1.54, 1.807) is 0 Å². The van der Waals surface area contributed by atoms with Gasteiger partial charge in [0.05, 0.1) is 0 Å². The Balaban J connectivity index is 2.38. The highest BCUT2D eigenvalue weighted by Gasteiger charge is 2.34. The number of likely N-dealkylation sites (tertiary alicyclic amines) is 1. The van der Waals surface area contributed by atoms with E-state index in [4.69, 9.17) is 4.74 Å². The summed E-state index contributed by atoms with van der Waals surface area (Å²) in [5.41, 5.74) is 0. The lowest BCUT2D eigenvalue weighted by Crippen LogP contribution is -2.51. The summed E-state index contributed by atoms with van der Waals surface area (Å²) in [5, 5.41) is 9.18. The molecule has 0 radical (unpaired) electrons. The molecule has 1 aliphatic heterocycles. The van der Waals surface area contributed by atoms with Gasteiger partial charge < -0.3 is 14.7 Å². The molecule has 0 aromatic rings. The van der Waals surface area contributed by atoms with E-state index in [1.807, 2.05) is 6.92 Å². The second-order valence-corrected chi connectivity index (χ2v) is 5.33. The number of carboxylic acid groups (broad SMARTS) is 1. The van der Waals surface area contributed by atoms with E-state index >= 15 is 0 Å². The zero-order chi connectivity index (χ0) is 14.3. The van der Waals surface area contributed by atoms with E-state index in [2.05, 4.69) is 6.92 Å². The lowest BCUT2D eigenvalue weighted by molar-refractivity contribution is -0.155. The minimum atomic E-state index is -0.911. The molecule has 0 spiro atoms. The second-order valence-electron chi connectivity index (χ2n) is 5.33. The summed E-state index contributed by atoms with van der Waals surface area (Å²) in [6, 6.07) is -0.685. The van der Waals surface area contributed by atoms with Gasteiger partial charge in [-0.05, 0) is 25.2 Å². The number of aliphatic carboxylic acids is 1. The average Bonchev–Trinajstić information content (AvgIpc) is 2.38. The van der Waals surface area contributed by atoms with Gasteiger partial charge in [0.2, 0.25) is 5.91 Å². The maximum Gasteiger partial charge on any atom is 0.326 e. The largest absolute Gasteiger partial charge is 0.480 e. The van der Waals surface area contributed by atoms with Crippen LogP contribution in [0.25, 0.3) is 0 Å². The van der Waals surface area contributed by atoms with Crippen LogP contribution >= 0.6 is 0 Å². The predicted octanol–water partition coefficient (Wildman–Crippen LogP) is 1.90. The smallest absolute Gasteiger partial charge is 0.326 e. The van der Waals surface area contributed by atoms with Gasteiger partial charge in [-0.1, -0.05) is 26.7 Å². The van der Waals surface area contributed by atoms with Crippen molar-refractivity contribution in [1.29, 1.82) is 0 Å². The Morgan fingerprint density at radius 2 is 2.11 bits per heavy atom. The molecular formula is C14H25NO4. The van der Waals surface area contributed by atoms with Crippen molar-refractivity contribution in [2.75, 3.05) is 19.8 Å². The molecule has 1 fully saturated rings. The Morgan fingerprint density at radius 3 is 2.74 bits per heavy atom. The van der Waals surface area contributed by atoms with Crippen LogP contribution in [-0.4, -0.2) is 47.7 Å². The fourth-order valence-corrected chi connectivity index (χ4v) is 2.37. The van der Waals surface area contributed by atoms with Crippen molar-refractivity contribution in [3.63, 3.8) is 0 Å². The van der Waals surface area contributed by atoms with Crippen molar-refractivity contribution in [3.8, 4) is 0 Å². The van der Waals surface area contributed by atoms with Gasteiger partial charge in [0.25, 0.3) is 0 Å². The Hall–Kier alpha value is -1.10. The highest BCUT2D eigenvalue weighted by atomic mass is 16.5. The number of carboxylic acids is 1. The lowest BCUT2D eigenvalue weighted by atomic mass is 9.92. The van der Waals surface area contributed by atoms with Gasteiger partial charge in [0.1, 0.15) is 12.6 Å². The fraction of sp³-hybridized carbons (Fsp3) is 0.857. The predicted molar refractivity (Wildman–Crippen MR) is 71.9 cm³/mol. The molecule has 19 heavy (non-hydrogen) atoms. The molecule has 5 nitrogen and oxygen atoms in total. The number of unbranched alkanes of at least 4 members (excludes halogenated alkanes) is 2. The number of carbonyl (C=O) groups excluding carboxylic acids is 1. The number of rotatable bonds is 7. The van der Waals surface area contributed by atoms with Crippen LogP contribution in [-0.2, 0) is 14.3 Å². The van der Waals surface area contributed by atoms with Crippen LogP contribution in [0.3, 0.4) is 0 Å². The first-order chi connectivity index (χ1) is 9.06. The van der Waals surface area contributed by atoms with Crippen LogP contribution in [0.5, 0.6) is 0 Å². The first kappa shape index (κ1) is 16.0. The summed E-state index contributed by atoms with van der Waals surface area (Å²) in [7, 11) is 0. The molecular weight excluding hydrogens is 246 g/mol. The summed E-state index contributed by atoms with van der Waals surface area (Å²) in [5.74, 6) is -0.752. The molecule has 0 bridgehead atoms. The van der Waals surface area contributed by atoms with Crippen LogP contribution in [0.4, 0.5) is 0 Å². The minimum Gasteiger partial charge on any atom is -0.480 e. The van der Waals surface area contributed by atoms with Crippen molar-refractivity contribution in [1.82, 2.24) is 4.90 Å². The molecule has 0 aliphatic carbocycles. The fourth-order valence-electron chi connectivity index (χ4n) is 2.37. The molecule has 1 saturated heterocycles. The molecule has 5 heteroatoms. The first-order valence-electron chi connectivity index (χ1n) is 7.16. The Bertz CT molecular complexity index is 306. The van der Waals surface area contributed by atoms with Crippen molar-refractivity contribution in [2.45, 2.75) is 52.0 Å². The van der Waals surface area contributed by atoms with Crippen LogP contribution in [0.2, 0.25) is 0 Å². The third-order valence-corrected chi connectivity index (χ3v) is 3.59. The van der Waals surface area contributed by atoms with Gasteiger partial charge in [-0.15, -0.1) is 0 Å². The number of hydrogen-bond donors (Lipinski definition) is 1. The molecule has 2 atom stereocenters. The lowest BCUT2D eigenvalue weighted by Gasteiger charge is -2.35. The monoisotopic (exact) mass is 271 g/mol. The number of piperidine rings is 1. The molecule has 1 N–H and O–H groups in total. The quantitative estimate of drug-likeness (QED) is 0.718. The SMILES string of the molecule is CCCCCOCC(=O)N1CCC(C)CC1C(=O)O. The maximum absolute atomic E-state index is 12.0. The van der Waals surface area contributed by atoms with Gasteiger partial charge >= 0.3 is 5.97 Å². The number of amides is 1. The van der Waals surface area contributed by atoms with E-state index < -0.39 is 12.0 Å². The van der Waals surface area contributed by atoms with Crippen LogP contribution in [0, 0.1) is 5.92 Å². The van der Waals surface area contributed by atoms with Crippen molar-refractivity contribution >= 4 is 11.9 Å². The Kier molecular flexibility index (Phi) is 6.84. The molecule has 0 saturated carbocycles. The normalized spacial score (nSPS) is 23.4. The van der Waals surface area contributed by atoms with Crippen LogP contribution in [0.15, 0.2) is 0 Å². The summed E-state index contributed by atoms with van der Waals surface area (Å²) in [6.45, 7) is 5.23. The standard InChI is InChI=1S/C14H25NO4/c1-3-4-5-8-19-10-13(16)15-7-6-11(2)9-12(15)14(17)18/h11-12H,3-10H2,1-2H3,(H,17,18). The van der Waals surface area contributed by atoms with E-state index in [1.165, 1.54) is 4.90 Å². The van der Waals surface area contributed by atoms with Gasteiger partial charge in [0, 0.05) is 13.2 Å². The Morgan fingerprint density at radius 1 is 1.37 bits per heavy atom. The first-order valence-corrected chi connectivity index (χ1v) is 7.16. The van der Waals surface area contributed by atoms with Crippen molar-refractivity contribution in [2.24, 2.45) is 5.92 Å². The van der Waals surface area contributed by atoms with E-state index in [0.29, 0.717) is 25.5 Å². The van der Waals surface area contributed by atoms with E-state index in [9.17, 15) is 14.7 Å². The zero-order valence-electron chi connectivity index (χ0n) is 11.9. The minimum absolute atomic E-state index is 0.00186. The van der Waals surface area contributed by atoms with E-state index in [0.717, 1.165) is 25.7 Å². The molecule has 110 valence electrons. The van der Waals surface area contributed by atoms with E-state index in [-0.39, 0.29) is 12.5 Å². The van der Waals surface area contributed by atoms with Gasteiger partial charge in [-0.3, -0.25) is 4.79 Å². The maximum atomic E-state index is 12.0. The molecule has 1 aliphatic rings. The van der Waals surface area contributed by atoms with Crippen LogP contribution < -0.4 is 0 Å². The average molecular weight is 271 g/mol. The summed E-state index contributed by atoms with van der Waals surface area (Å²) in [4.78, 5) is 24.6. The third kappa shape index (κ3) is 5.19.